The van der Waals surface area contributed by atoms with Gasteiger partial charge in [0.2, 0.25) is 0 Å². The van der Waals surface area contributed by atoms with E-state index in [2.05, 4.69) is 15.3 Å². The second kappa shape index (κ2) is 6.98. The van der Waals surface area contributed by atoms with Crippen LogP contribution in [0.3, 0.4) is 0 Å². The van der Waals surface area contributed by atoms with Crippen LogP contribution in [0, 0.1) is 6.92 Å². The number of carbonyl (C=O) groups excluding carboxylic acids is 2. The number of anilines is 1. The van der Waals surface area contributed by atoms with E-state index >= 15 is 0 Å². The number of nitrogens with zero attached hydrogens (tertiary/aromatic N) is 1. The molecule has 2 aromatic carbocycles. The van der Waals surface area contributed by atoms with Crippen molar-refractivity contribution >= 4 is 50.7 Å². The van der Waals surface area contributed by atoms with Crippen molar-refractivity contribution in [2.45, 2.75) is 6.92 Å². The van der Waals surface area contributed by atoms with Crippen LogP contribution in [0.1, 0.15) is 16.1 Å². The minimum Gasteiger partial charge on any atom is -0.358 e. The lowest BCUT2D eigenvalue weighted by Gasteiger charge is -2.02. The number of aromatic nitrogens is 2. The molecule has 5 nitrogen and oxygen atoms in total. The van der Waals surface area contributed by atoms with E-state index in [1.807, 2.05) is 41.8 Å². The number of H-pyrrole nitrogens is 1. The summed E-state index contributed by atoms with van der Waals surface area (Å²) in [6, 6.07) is 14.7. The molecule has 2 N–H and O–H groups in total. The zero-order valence-electron chi connectivity index (χ0n) is 14.2. The van der Waals surface area contributed by atoms with Gasteiger partial charge >= 0.3 is 0 Å². The lowest BCUT2D eigenvalue weighted by Crippen LogP contribution is -2.23. The average Bonchev–Trinajstić information content (AvgIpc) is 3.25. The smallest absolute Gasteiger partial charge is 0.298 e. The molecule has 0 fully saturated rings. The van der Waals surface area contributed by atoms with Gasteiger partial charge in [-0.3, -0.25) is 14.9 Å². The molecule has 4 rings (SSSR count). The third kappa shape index (κ3) is 3.37. The SMILES string of the molecule is Cc1[nH]c2ccccc2c1C(=O)C(=O)Nc1nc(-c2ccc(Cl)cc2)cs1. The summed E-state index contributed by atoms with van der Waals surface area (Å²) in [4.78, 5) is 32.7. The molecule has 0 atom stereocenters. The molecule has 1 amide bonds. The van der Waals surface area contributed by atoms with Crippen molar-refractivity contribution in [3.63, 3.8) is 0 Å². The number of nitrogens with one attached hydrogen (secondary N) is 2. The first kappa shape index (κ1) is 17.5. The molecule has 0 saturated heterocycles. The van der Waals surface area contributed by atoms with Crippen LogP contribution in [0.5, 0.6) is 0 Å². The molecule has 0 aliphatic heterocycles. The Labute approximate surface area is 164 Å². The number of ketones is 1. The molecule has 4 aromatic rings. The maximum absolute atomic E-state index is 12.7. The lowest BCUT2D eigenvalue weighted by atomic mass is 10.1. The number of thiazole rings is 1. The molecule has 0 radical (unpaired) electrons. The molecule has 0 aliphatic carbocycles. The number of halogens is 1. The van der Waals surface area contributed by atoms with Crippen LogP contribution in [0.2, 0.25) is 5.02 Å². The highest BCUT2D eigenvalue weighted by Gasteiger charge is 2.23. The molecule has 27 heavy (non-hydrogen) atoms. The van der Waals surface area contributed by atoms with Gasteiger partial charge in [-0.2, -0.15) is 0 Å². The molecule has 2 heterocycles. The van der Waals surface area contributed by atoms with Crippen LogP contribution >= 0.6 is 22.9 Å². The molecular weight excluding hydrogens is 382 g/mol. The second-order valence-corrected chi connectivity index (χ2v) is 7.29. The van der Waals surface area contributed by atoms with Gasteiger partial charge in [-0.25, -0.2) is 4.98 Å². The largest absolute Gasteiger partial charge is 0.358 e. The summed E-state index contributed by atoms with van der Waals surface area (Å²) in [6.45, 7) is 1.78. The number of aromatic amines is 1. The fraction of sp³-hybridized carbons (Fsp3) is 0.0500. The van der Waals surface area contributed by atoms with E-state index in [-0.39, 0.29) is 0 Å². The summed E-state index contributed by atoms with van der Waals surface area (Å²) in [6.07, 6.45) is 0. The third-order valence-electron chi connectivity index (χ3n) is 4.19. The van der Waals surface area contributed by atoms with Crippen LogP contribution in [-0.4, -0.2) is 21.7 Å². The van der Waals surface area contributed by atoms with Gasteiger partial charge in [0.25, 0.3) is 11.7 Å². The molecule has 0 saturated carbocycles. The highest BCUT2D eigenvalue weighted by atomic mass is 35.5. The maximum Gasteiger partial charge on any atom is 0.298 e. The molecular formula is C20H14ClN3O2S. The minimum absolute atomic E-state index is 0.371. The number of Topliss-reactive ketones (excluding diaryl/α,β-unsaturated/α-hetero) is 1. The average molecular weight is 396 g/mol. The summed E-state index contributed by atoms with van der Waals surface area (Å²) >= 11 is 7.16. The van der Waals surface area contributed by atoms with Gasteiger partial charge in [-0.1, -0.05) is 41.9 Å². The Balaban J connectivity index is 1.56. The number of aryl methyl sites for hydroxylation is 1. The summed E-state index contributed by atoms with van der Waals surface area (Å²) in [5.74, 6) is -1.30. The van der Waals surface area contributed by atoms with Crippen molar-refractivity contribution in [3.8, 4) is 11.3 Å². The predicted octanol–water partition coefficient (Wildman–Crippen LogP) is 5.07. The van der Waals surface area contributed by atoms with Gasteiger partial charge in [0.1, 0.15) is 0 Å². The topological polar surface area (TPSA) is 74.8 Å². The summed E-state index contributed by atoms with van der Waals surface area (Å²) in [7, 11) is 0. The van der Waals surface area contributed by atoms with E-state index < -0.39 is 11.7 Å². The standard InChI is InChI=1S/C20H14ClN3O2S/c1-11-17(14-4-2-3-5-15(14)22-11)18(25)19(26)24-20-23-16(10-27-20)12-6-8-13(21)9-7-12/h2-10,22H,1H3,(H,23,24,26). The van der Waals surface area contributed by atoms with E-state index in [4.69, 9.17) is 11.6 Å². The highest BCUT2D eigenvalue weighted by molar-refractivity contribution is 7.14. The first-order chi connectivity index (χ1) is 13.0. The first-order valence-corrected chi connectivity index (χ1v) is 9.43. The van der Waals surface area contributed by atoms with Crippen molar-refractivity contribution in [1.29, 1.82) is 0 Å². The molecule has 0 bridgehead atoms. The first-order valence-electron chi connectivity index (χ1n) is 8.17. The lowest BCUT2D eigenvalue weighted by molar-refractivity contribution is -0.112. The van der Waals surface area contributed by atoms with Crippen molar-refractivity contribution in [2.75, 3.05) is 5.32 Å². The Kier molecular flexibility index (Phi) is 4.51. The van der Waals surface area contributed by atoms with Crippen molar-refractivity contribution < 1.29 is 9.59 Å². The van der Waals surface area contributed by atoms with E-state index in [0.29, 0.717) is 27.1 Å². The molecule has 0 aliphatic rings. The molecule has 7 heteroatoms. The van der Waals surface area contributed by atoms with Gasteiger partial charge in [0.05, 0.1) is 11.3 Å². The number of carbonyl (C=O) groups is 2. The third-order valence-corrected chi connectivity index (χ3v) is 5.20. The Hall–Kier alpha value is -2.96. The second-order valence-electron chi connectivity index (χ2n) is 6.00. The summed E-state index contributed by atoms with van der Waals surface area (Å²) < 4.78 is 0. The highest BCUT2D eigenvalue weighted by Crippen LogP contribution is 2.27. The Bertz CT molecular complexity index is 1160. The fourth-order valence-corrected chi connectivity index (χ4v) is 3.76. The molecule has 2 aromatic heterocycles. The van der Waals surface area contributed by atoms with E-state index in [1.54, 1.807) is 19.1 Å². The van der Waals surface area contributed by atoms with Crippen LogP contribution in [-0.2, 0) is 4.79 Å². The minimum atomic E-state index is -0.708. The van der Waals surface area contributed by atoms with Crippen LogP contribution in [0.4, 0.5) is 5.13 Å². The van der Waals surface area contributed by atoms with Crippen LogP contribution in [0.25, 0.3) is 22.2 Å². The van der Waals surface area contributed by atoms with Gasteiger partial charge in [-0.05, 0) is 25.1 Å². The number of rotatable bonds is 4. The summed E-state index contributed by atoms with van der Waals surface area (Å²) in [5, 5.41) is 6.17. The number of amides is 1. The molecule has 0 spiro atoms. The quantitative estimate of drug-likeness (QED) is 0.374. The van der Waals surface area contributed by atoms with Crippen molar-refractivity contribution in [2.24, 2.45) is 0 Å². The number of hydrogen-bond acceptors (Lipinski definition) is 4. The maximum atomic E-state index is 12.7. The monoisotopic (exact) mass is 395 g/mol. The normalized spacial score (nSPS) is 10.9. The molecule has 134 valence electrons. The predicted molar refractivity (Wildman–Crippen MR) is 109 cm³/mol. The van der Waals surface area contributed by atoms with Crippen molar-refractivity contribution in [1.82, 2.24) is 9.97 Å². The molecule has 0 unspecified atom stereocenters. The Morgan fingerprint density at radius 2 is 1.85 bits per heavy atom. The zero-order chi connectivity index (χ0) is 19.0. The summed E-state index contributed by atoms with van der Waals surface area (Å²) in [5.41, 5.74) is 3.47. The van der Waals surface area contributed by atoms with Crippen molar-refractivity contribution in [3.05, 3.63) is 70.2 Å². The Morgan fingerprint density at radius 3 is 2.63 bits per heavy atom. The van der Waals surface area contributed by atoms with E-state index in [9.17, 15) is 9.59 Å². The van der Waals surface area contributed by atoms with E-state index in [0.717, 1.165) is 16.5 Å². The van der Waals surface area contributed by atoms with Gasteiger partial charge in [-0.15, -0.1) is 11.3 Å². The van der Waals surface area contributed by atoms with Gasteiger partial charge in [0, 0.05) is 32.6 Å². The number of hydrogen-bond donors (Lipinski definition) is 2. The number of para-hydroxylation sites is 1. The zero-order valence-corrected chi connectivity index (χ0v) is 15.8. The van der Waals surface area contributed by atoms with Crippen LogP contribution < -0.4 is 5.32 Å². The number of benzene rings is 2. The van der Waals surface area contributed by atoms with Gasteiger partial charge in [0.15, 0.2) is 5.13 Å². The fourth-order valence-electron chi connectivity index (χ4n) is 2.92. The van der Waals surface area contributed by atoms with Gasteiger partial charge < -0.3 is 4.98 Å². The number of fused-ring (bicyclic) bond motifs is 1. The Morgan fingerprint density at radius 1 is 1.11 bits per heavy atom. The van der Waals surface area contributed by atoms with E-state index in [1.165, 1.54) is 11.3 Å². The van der Waals surface area contributed by atoms with Crippen LogP contribution in [0.15, 0.2) is 53.9 Å².